The fourth-order valence-corrected chi connectivity index (χ4v) is 4.57. The van der Waals surface area contributed by atoms with Crippen molar-refractivity contribution in [2.75, 3.05) is 16.8 Å². The monoisotopic (exact) mass is 378 g/mol. The number of aryl methyl sites for hydroxylation is 1. The van der Waals surface area contributed by atoms with Crippen molar-refractivity contribution in [3.05, 3.63) is 71.6 Å². The number of halogens is 1. The van der Waals surface area contributed by atoms with Gasteiger partial charge in [-0.1, -0.05) is 43.2 Å². The minimum atomic E-state index is -0.303. The number of fused-ring (bicyclic) bond motifs is 1. The van der Waals surface area contributed by atoms with Crippen molar-refractivity contribution in [1.29, 1.82) is 0 Å². The van der Waals surface area contributed by atoms with Gasteiger partial charge < -0.3 is 5.32 Å². The number of amides is 2. The lowest BCUT2D eigenvalue weighted by atomic mass is 9.49. The summed E-state index contributed by atoms with van der Waals surface area (Å²) >= 11 is 0. The van der Waals surface area contributed by atoms with E-state index in [2.05, 4.69) is 25.2 Å². The SMILES string of the molecule is Cc1ccc(NC(=O)N(CC2=CCC3CC2C3(C)C)c2ccc(F)cc2)cc1. The van der Waals surface area contributed by atoms with Crippen molar-refractivity contribution in [2.45, 2.75) is 33.6 Å². The van der Waals surface area contributed by atoms with E-state index >= 15 is 0 Å². The van der Waals surface area contributed by atoms with E-state index in [0.29, 0.717) is 23.6 Å². The quantitative estimate of drug-likeness (QED) is 0.635. The average Bonchev–Trinajstić information content (AvgIpc) is 2.68. The fraction of sp³-hybridized carbons (Fsp3) is 0.375. The molecule has 2 amide bonds. The number of allylic oxidation sites excluding steroid dienone is 1. The molecule has 1 fully saturated rings. The maximum atomic E-state index is 13.4. The van der Waals surface area contributed by atoms with Gasteiger partial charge in [0.2, 0.25) is 0 Å². The van der Waals surface area contributed by atoms with Gasteiger partial charge in [-0.15, -0.1) is 0 Å². The summed E-state index contributed by atoms with van der Waals surface area (Å²) in [4.78, 5) is 14.9. The summed E-state index contributed by atoms with van der Waals surface area (Å²) in [6.07, 6.45) is 4.59. The van der Waals surface area contributed by atoms with Crippen molar-refractivity contribution < 1.29 is 9.18 Å². The highest BCUT2D eigenvalue weighted by atomic mass is 19.1. The summed E-state index contributed by atoms with van der Waals surface area (Å²) in [6, 6.07) is 13.7. The first-order chi connectivity index (χ1) is 13.3. The van der Waals surface area contributed by atoms with Gasteiger partial charge in [0.1, 0.15) is 5.82 Å². The number of hydrogen-bond donors (Lipinski definition) is 1. The second kappa shape index (κ2) is 7.08. The highest BCUT2D eigenvalue weighted by Crippen LogP contribution is 2.59. The second-order valence-electron chi connectivity index (χ2n) is 8.68. The Morgan fingerprint density at radius 1 is 1.14 bits per heavy atom. The first-order valence-corrected chi connectivity index (χ1v) is 9.94. The molecule has 0 radical (unpaired) electrons. The fourth-order valence-electron chi connectivity index (χ4n) is 4.57. The van der Waals surface area contributed by atoms with Crippen LogP contribution in [0.1, 0.15) is 32.3 Å². The van der Waals surface area contributed by atoms with E-state index in [-0.39, 0.29) is 11.8 Å². The van der Waals surface area contributed by atoms with Crippen LogP contribution in [0.3, 0.4) is 0 Å². The molecule has 0 aliphatic heterocycles. The van der Waals surface area contributed by atoms with Crippen LogP contribution in [0.25, 0.3) is 0 Å². The number of anilines is 2. The maximum absolute atomic E-state index is 13.4. The number of carbonyl (C=O) groups is 1. The molecule has 2 aromatic rings. The van der Waals surface area contributed by atoms with Gasteiger partial charge in [-0.2, -0.15) is 0 Å². The summed E-state index contributed by atoms with van der Waals surface area (Å²) in [5, 5.41) is 2.99. The Hall–Kier alpha value is -2.62. The molecule has 2 unspecified atom stereocenters. The summed E-state index contributed by atoms with van der Waals surface area (Å²) in [5.41, 5.74) is 4.21. The minimum Gasteiger partial charge on any atom is -0.308 e. The zero-order chi connectivity index (χ0) is 19.9. The molecule has 1 saturated carbocycles. The molecule has 0 aromatic heterocycles. The number of nitrogens with one attached hydrogen (secondary N) is 1. The molecule has 2 aromatic carbocycles. The first kappa shape index (κ1) is 18.7. The van der Waals surface area contributed by atoms with Gasteiger partial charge in [-0.25, -0.2) is 9.18 Å². The summed E-state index contributed by atoms with van der Waals surface area (Å²) < 4.78 is 13.4. The summed E-state index contributed by atoms with van der Waals surface area (Å²) in [5.74, 6) is 0.964. The molecule has 0 saturated heterocycles. The van der Waals surface area contributed by atoms with Crippen LogP contribution >= 0.6 is 0 Å². The zero-order valence-electron chi connectivity index (χ0n) is 16.7. The third kappa shape index (κ3) is 3.44. The molecule has 5 rings (SSSR count). The molecule has 2 atom stereocenters. The van der Waals surface area contributed by atoms with Crippen molar-refractivity contribution >= 4 is 17.4 Å². The van der Waals surface area contributed by atoms with E-state index in [9.17, 15) is 9.18 Å². The van der Waals surface area contributed by atoms with Gasteiger partial charge in [0.15, 0.2) is 0 Å². The Morgan fingerprint density at radius 3 is 2.43 bits per heavy atom. The molecular weight excluding hydrogens is 351 g/mol. The lowest BCUT2D eigenvalue weighted by Gasteiger charge is -2.57. The van der Waals surface area contributed by atoms with Crippen LogP contribution in [0.15, 0.2) is 60.2 Å². The Morgan fingerprint density at radius 2 is 1.82 bits per heavy atom. The van der Waals surface area contributed by atoms with Crippen molar-refractivity contribution in [3.63, 3.8) is 0 Å². The standard InChI is InChI=1S/C24H27FN2O/c1-16-4-10-20(11-5-16)26-23(28)27(21-12-8-19(25)9-13-21)15-17-6-7-18-14-22(17)24(18,2)3/h4-6,8-13,18,22H,7,14-15H2,1-3H3,(H,26,28). The molecule has 2 bridgehead atoms. The summed E-state index contributed by atoms with van der Waals surface area (Å²) in [7, 11) is 0. The molecule has 146 valence electrons. The number of urea groups is 1. The Balaban J connectivity index is 1.59. The molecule has 0 spiro atoms. The molecule has 1 N–H and O–H groups in total. The average molecular weight is 378 g/mol. The van der Waals surface area contributed by atoms with Gasteiger partial charge in [0.25, 0.3) is 0 Å². The Labute approximate surface area is 166 Å². The number of hydrogen-bond acceptors (Lipinski definition) is 1. The summed E-state index contributed by atoms with van der Waals surface area (Å²) in [6.45, 7) is 7.20. The predicted octanol–water partition coefficient (Wildman–Crippen LogP) is 6.17. The minimum absolute atomic E-state index is 0.199. The van der Waals surface area contributed by atoms with E-state index in [1.54, 1.807) is 17.0 Å². The van der Waals surface area contributed by atoms with Gasteiger partial charge in [-0.3, -0.25) is 4.90 Å². The molecule has 3 nitrogen and oxygen atoms in total. The number of carbonyl (C=O) groups excluding carboxylic acids is 1. The zero-order valence-corrected chi connectivity index (χ0v) is 16.7. The Kier molecular flexibility index (Phi) is 4.74. The second-order valence-corrected chi connectivity index (χ2v) is 8.68. The van der Waals surface area contributed by atoms with Gasteiger partial charge in [0, 0.05) is 17.9 Å². The molecule has 4 heteroatoms. The lowest BCUT2D eigenvalue weighted by Crippen LogP contribution is -2.50. The van der Waals surface area contributed by atoms with Crippen LogP contribution in [0.5, 0.6) is 0 Å². The van der Waals surface area contributed by atoms with E-state index in [1.807, 2.05) is 31.2 Å². The van der Waals surface area contributed by atoms with Crippen LogP contribution in [-0.4, -0.2) is 12.6 Å². The number of benzene rings is 2. The van der Waals surface area contributed by atoms with E-state index < -0.39 is 0 Å². The molecule has 3 aliphatic carbocycles. The van der Waals surface area contributed by atoms with Crippen LogP contribution < -0.4 is 10.2 Å². The molecular formula is C24H27FN2O. The van der Waals surface area contributed by atoms with Crippen LogP contribution in [0.4, 0.5) is 20.6 Å². The largest absolute Gasteiger partial charge is 0.326 e. The topological polar surface area (TPSA) is 32.3 Å². The lowest BCUT2D eigenvalue weighted by molar-refractivity contribution is -0.00666. The van der Waals surface area contributed by atoms with Gasteiger partial charge >= 0.3 is 6.03 Å². The molecule has 3 aliphatic rings. The van der Waals surface area contributed by atoms with Crippen molar-refractivity contribution in [3.8, 4) is 0 Å². The van der Waals surface area contributed by atoms with Gasteiger partial charge in [-0.05, 0) is 73.4 Å². The van der Waals surface area contributed by atoms with Crippen LogP contribution in [0, 0.1) is 30.0 Å². The highest BCUT2D eigenvalue weighted by Gasteiger charge is 2.51. The van der Waals surface area contributed by atoms with Crippen LogP contribution in [-0.2, 0) is 0 Å². The highest BCUT2D eigenvalue weighted by molar-refractivity contribution is 6.02. The normalized spacial score (nSPS) is 22.1. The van der Waals surface area contributed by atoms with Gasteiger partial charge in [0.05, 0.1) is 0 Å². The van der Waals surface area contributed by atoms with E-state index in [4.69, 9.17) is 0 Å². The number of nitrogens with zero attached hydrogens (tertiary/aromatic N) is 1. The number of rotatable bonds is 4. The van der Waals surface area contributed by atoms with E-state index in [1.165, 1.54) is 24.1 Å². The van der Waals surface area contributed by atoms with Crippen molar-refractivity contribution in [1.82, 2.24) is 0 Å². The smallest absolute Gasteiger partial charge is 0.308 e. The third-order valence-electron chi connectivity index (χ3n) is 6.61. The predicted molar refractivity (Wildman–Crippen MR) is 112 cm³/mol. The molecule has 0 heterocycles. The molecule has 28 heavy (non-hydrogen) atoms. The van der Waals surface area contributed by atoms with Crippen LogP contribution in [0.2, 0.25) is 0 Å². The first-order valence-electron chi connectivity index (χ1n) is 9.94. The van der Waals surface area contributed by atoms with Crippen molar-refractivity contribution in [2.24, 2.45) is 17.3 Å². The third-order valence-corrected chi connectivity index (χ3v) is 6.61. The Bertz CT molecular complexity index is 899. The maximum Gasteiger partial charge on any atom is 0.326 e. The van der Waals surface area contributed by atoms with E-state index in [0.717, 1.165) is 23.6 Å².